The Labute approximate surface area is 144 Å². The van der Waals surface area contributed by atoms with Crippen molar-refractivity contribution in [3.8, 4) is 0 Å². The molecule has 0 radical (unpaired) electrons. The van der Waals surface area contributed by atoms with Crippen molar-refractivity contribution in [2.24, 2.45) is 0 Å². The first-order valence-corrected chi connectivity index (χ1v) is 9.09. The van der Waals surface area contributed by atoms with Gasteiger partial charge >= 0.3 is 0 Å². The van der Waals surface area contributed by atoms with Crippen molar-refractivity contribution in [2.75, 3.05) is 4.72 Å². The highest BCUT2D eigenvalue weighted by atomic mass is 35.5. The molecule has 0 aromatic heterocycles. The van der Waals surface area contributed by atoms with E-state index in [0.717, 1.165) is 0 Å². The first kappa shape index (κ1) is 16.1. The van der Waals surface area contributed by atoms with E-state index in [2.05, 4.69) is 4.72 Å². The lowest BCUT2D eigenvalue weighted by Gasteiger charge is -2.13. The standard InChI is InChI=1S/C17H13Cl2NO2S/c1-11-14(18)7-4-8-16(11)20-23(21,22)17-10-9-15(19)12-5-2-3-6-13(12)17/h2-10,20H,1H3. The molecule has 0 fully saturated rings. The molecule has 0 aliphatic carbocycles. The molecular formula is C17H13Cl2NO2S. The first-order valence-electron chi connectivity index (χ1n) is 6.85. The molecule has 0 bridgehead atoms. The normalized spacial score (nSPS) is 11.6. The molecule has 0 saturated heterocycles. The smallest absolute Gasteiger partial charge is 0.262 e. The van der Waals surface area contributed by atoms with E-state index >= 15 is 0 Å². The van der Waals surface area contributed by atoms with Crippen molar-refractivity contribution in [1.29, 1.82) is 0 Å². The Morgan fingerprint density at radius 3 is 2.26 bits per heavy atom. The molecule has 0 atom stereocenters. The van der Waals surface area contributed by atoms with E-state index in [4.69, 9.17) is 23.2 Å². The fraction of sp³-hybridized carbons (Fsp3) is 0.0588. The van der Waals surface area contributed by atoms with Gasteiger partial charge in [-0.05, 0) is 36.8 Å². The van der Waals surface area contributed by atoms with Gasteiger partial charge in [0.1, 0.15) is 0 Å². The van der Waals surface area contributed by atoms with Gasteiger partial charge in [-0.2, -0.15) is 0 Å². The lowest BCUT2D eigenvalue weighted by Crippen LogP contribution is -2.14. The maximum atomic E-state index is 12.8. The lowest BCUT2D eigenvalue weighted by molar-refractivity contribution is 0.602. The van der Waals surface area contributed by atoms with Crippen molar-refractivity contribution in [3.05, 3.63) is 70.2 Å². The molecule has 6 heteroatoms. The molecule has 3 aromatic carbocycles. The minimum Gasteiger partial charge on any atom is -0.279 e. The third-order valence-electron chi connectivity index (χ3n) is 3.63. The molecule has 0 aliphatic heterocycles. The van der Waals surface area contributed by atoms with Crippen LogP contribution in [0.3, 0.4) is 0 Å². The first-order chi connectivity index (χ1) is 10.9. The van der Waals surface area contributed by atoms with Crippen molar-refractivity contribution < 1.29 is 8.42 Å². The predicted octanol–water partition coefficient (Wildman–Crippen LogP) is 5.26. The fourth-order valence-corrected chi connectivity index (χ4v) is 4.12. The zero-order valence-electron chi connectivity index (χ0n) is 12.2. The molecule has 0 spiro atoms. The molecule has 1 N–H and O–H groups in total. The van der Waals surface area contributed by atoms with Crippen molar-refractivity contribution in [1.82, 2.24) is 0 Å². The van der Waals surface area contributed by atoms with Crippen LogP contribution in [0.15, 0.2) is 59.5 Å². The van der Waals surface area contributed by atoms with E-state index in [1.807, 2.05) is 6.07 Å². The van der Waals surface area contributed by atoms with Gasteiger partial charge in [0, 0.05) is 20.8 Å². The van der Waals surface area contributed by atoms with Gasteiger partial charge in [0.2, 0.25) is 0 Å². The molecule has 23 heavy (non-hydrogen) atoms. The van der Waals surface area contributed by atoms with Gasteiger partial charge < -0.3 is 0 Å². The minimum absolute atomic E-state index is 0.178. The van der Waals surface area contributed by atoms with Crippen LogP contribution in [0.4, 0.5) is 5.69 Å². The molecule has 0 unspecified atom stereocenters. The van der Waals surface area contributed by atoms with E-state index < -0.39 is 10.0 Å². The molecule has 0 heterocycles. The average Bonchev–Trinajstić information content (AvgIpc) is 2.52. The van der Waals surface area contributed by atoms with Gasteiger partial charge in [0.15, 0.2) is 0 Å². The Morgan fingerprint density at radius 2 is 1.52 bits per heavy atom. The molecule has 3 aromatic rings. The van der Waals surface area contributed by atoms with Crippen LogP contribution in [-0.4, -0.2) is 8.42 Å². The van der Waals surface area contributed by atoms with Gasteiger partial charge in [-0.3, -0.25) is 4.72 Å². The second-order valence-corrected chi connectivity index (χ2v) is 7.57. The second-order valence-electron chi connectivity index (χ2n) is 5.11. The maximum Gasteiger partial charge on any atom is 0.262 e. The SMILES string of the molecule is Cc1c(Cl)cccc1NS(=O)(=O)c1ccc(Cl)c2ccccc12. The van der Waals surface area contributed by atoms with E-state index in [-0.39, 0.29) is 4.90 Å². The zero-order chi connectivity index (χ0) is 16.6. The van der Waals surface area contributed by atoms with Crippen molar-refractivity contribution in [3.63, 3.8) is 0 Å². The topological polar surface area (TPSA) is 46.2 Å². The van der Waals surface area contributed by atoms with E-state index in [9.17, 15) is 8.42 Å². The summed E-state index contributed by atoms with van der Waals surface area (Å²) in [4.78, 5) is 0.178. The minimum atomic E-state index is -3.76. The Bertz CT molecular complexity index is 1000. The Balaban J connectivity index is 2.14. The largest absolute Gasteiger partial charge is 0.279 e. The number of halogens is 2. The zero-order valence-corrected chi connectivity index (χ0v) is 14.5. The third kappa shape index (κ3) is 3.02. The Hall–Kier alpha value is -1.75. The summed E-state index contributed by atoms with van der Waals surface area (Å²) in [5, 5.41) is 2.29. The number of sulfonamides is 1. The van der Waals surface area contributed by atoms with Gasteiger partial charge in [0.25, 0.3) is 10.0 Å². The fourth-order valence-electron chi connectivity index (χ4n) is 2.39. The number of anilines is 1. The predicted molar refractivity (Wildman–Crippen MR) is 96.0 cm³/mol. The molecule has 118 valence electrons. The summed E-state index contributed by atoms with van der Waals surface area (Å²) in [5.74, 6) is 0. The molecule has 0 amide bonds. The molecule has 0 aliphatic rings. The Kier molecular flexibility index (Phi) is 4.23. The quantitative estimate of drug-likeness (QED) is 0.688. The number of hydrogen-bond acceptors (Lipinski definition) is 2. The van der Waals surface area contributed by atoms with Crippen LogP contribution in [0.1, 0.15) is 5.56 Å². The van der Waals surface area contributed by atoms with Gasteiger partial charge in [-0.25, -0.2) is 8.42 Å². The summed E-state index contributed by atoms with van der Waals surface area (Å²) < 4.78 is 28.2. The van der Waals surface area contributed by atoms with Crippen LogP contribution >= 0.6 is 23.2 Å². The number of nitrogens with one attached hydrogen (secondary N) is 1. The molecule has 0 saturated carbocycles. The van der Waals surface area contributed by atoms with Crippen LogP contribution in [0.2, 0.25) is 10.0 Å². The second kappa shape index (κ2) is 6.04. The highest BCUT2D eigenvalue weighted by Gasteiger charge is 2.19. The van der Waals surface area contributed by atoms with Crippen LogP contribution in [0.5, 0.6) is 0 Å². The highest BCUT2D eigenvalue weighted by Crippen LogP contribution is 2.31. The molecule has 3 nitrogen and oxygen atoms in total. The summed E-state index contributed by atoms with van der Waals surface area (Å²) in [6, 6.07) is 15.3. The van der Waals surface area contributed by atoms with E-state index in [1.165, 1.54) is 6.07 Å². The Morgan fingerprint density at radius 1 is 0.826 bits per heavy atom. The van der Waals surface area contributed by atoms with E-state index in [1.54, 1.807) is 49.4 Å². The summed E-state index contributed by atoms with van der Waals surface area (Å²) in [6.07, 6.45) is 0. The van der Waals surface area contributed by atoms with Gasteiger partial charge in [0.05, 0.1) is 10.6 Å². The van der Waals surface area contributed by atoms with Crippen molar-refractivity contribution in [2.45, 2.75) is 11.8 Å². The third-order valence-corrected chi connectivity index (χ3v) is 5.80. The highest BCUT2D eigenvalue weighted by molar-refractivity contribution is 7.93. The van der Waals surface area contributed by atoms with Gasteiger partial charge in [-0.15, -0.1) is 0 Å². The number of benzene rings is 3. The molecular weight excluding hydrogens is 353 g/mol. The van der Waals surface area contributed by atoms with Gasteiger partial charge in [-0.1, -0.05) is 53.5 Å². The van der Waals surface area contributed by atoms with Crippen LogP contribution in [0, 0.1) is 6.92 Å². The molecule has 3 rings (SSSR count). The summed E-state index contributed by atoms with van der Waals surface area (Å²) in [5.41, 5.74) is 1.13. The van der Waals surface area contributed by atoms with Crippen LogP contribution < -0.4 is 4.72 Å². The summed E-state index contributed by atoms with van der Waals surface area (Å²) >= 11 is 12.2. The summed E-state index contributed by atoms with van der Waals surface area (Å²) in [7, 11) is -3.76. The monoisotopic (exact) mass is 365 g/mol. The number of fused-ring (bicyclic) bond motifs is 1. The number of rotatable bonds is 3. The lowest BCUT2D eigenvalue weighted by atomic mass is 10.1. The van der Waals surface area contributed by atoms with Crippen LogP contribution in [0.25, 0.3) is 10.8 Å². The maximum absolute atomic E-state index is 12.8. The average molecular weight is 366 g/mol. The van der Waals surface area contributed by atoms with Crippen molar-refractivity contribution >= 4 is 49.7 Å². The van der Waals surface area contributed by atoms with Crippen LogP contribution in [-0.2, 0) is 10.0 Å². The number of hydrogen-bond donors (Lipinski definition) is 1. The van der Waals surface area contributed by atoms with E-state index in [0.29, 0.717) is 32.1 Å². The summed E-state index contributed by atoms with van der Waals surface area (Å²) in [6.45, 7) is 1.76.